The number of carboxylic acid groups (broad SMARTS) is 1. The van der Waals surface area contributed by atoms with Crippen LogP contribution in [0.1, 0.15) is 10.4 Å². The van der Waals surface area contributed by atoms with Crippen molar-refractivity contribution in [3.63, 3.8) is 0 Å². The number of anilines is 1. The van der Waals surface area contributed by atoms with Gasteiger partial charge in [0.15, 0.2) is 0 Å². The highest BCUT2D eigenvalue weighted by atomic mass is 32.2. The summed E-state index contributed by atoms with van der Waals surface area (Å²) in [6.45, 7) is 0. The molecule has 0 atom stereocenters. The first kappa shape index (κ1) is 17.2. The lowest BCUT2D eigenvalue weighted by Gasteiger charge is -2.11. The number of nitrogens with one attached hydrogen (secondary N) is 1. The average Bonchev–Trinajstić information content (AvgIpc) is 2.54. The molecule has 9 nitrogen and oxygen atoms in total. The monoisotopic (exact) mass is 352 g/mol. The number of nitro benzene ring substituents is 1. The van der Waals surface area contributed by atoms with Crippen molar-refractivity contribution in [3.05, 3.63) is 58.1 Å². The molecule has 0 aromatic heterocycles. The minimum absolute atomic E-state index is 0.00845. The maximum Gasteiger partial charge on any atom is 0.335 e. The molecule has 0 radical (unpaired) electrons. The maximum absolute atomic E-state index is 12.4. The fourth-order valence-corrected chi connectivity index (χ4v) is 3.13. The lowest BCUT2D eigenvalue weighted by molar-refractivity contribution is -0.385. The third-order valence-electron chi connectivity index (χ3n) is 3.03. The Morgan fingerprint density at radius 1 is 1.21 bits per heavy atom. The molecule has 0 aliphatic heterocycles. The third kappa shape index (κ3) is 3.60. The Balaban J connectivity index is 2.41. The molecular formula is C14H12N2O7S. The van der Waals surface area contributed by atoms with Crippen LogP contribution in [0.4, 0.5) is 11.4 Å². The van der Waals surface area contributed by atoms with E-state index >= 15 is 0 Å². The minimum atomic E-state index is -4.17. The number of carbonyl (C=O) groups is 1. The van der Waals surface area contributed by atoms with Crippen molar-refractivity contribution >= 4 is 27.4 Å². The van der Waals surface area contributed by atoms with Crippen LogP contribution in [-0.4, -0.2) is 31.5 Å². The summed E-state index contributed by atoms with van der Waals surface area (Å²) in [6, 6.07) is 8.18. The summed E-state index contributed by atoms with van der Waals surface area (Å²) in [4.78, 5) is 20.5. The van der Waals surface area contributed by atoms with E-state index in [9.17, 15) is 23.3 Å². The standard InChI is InChI=1S/C14H12N2O7S/c1-23-12-7-6-11(16(19)20)8-13(12)24(21,22)15-10-4-2-9(3-5-10)14(17)18/h2-8,15H,1H3,(H,17,18). The number of nitro groups is 1. The van der Waals surface area contributed by atoms with E-state index in [-0.39, 0.29) is 17.0 Å². The summed E-state index contributed by atoms with van der Waals surface area (Å²) >= 11 is 0. The average molecular weight is 352 g/mol. The van der Waals surface area contributed by atoms with Crippen molar-refractivity contribution < 1.29 is 28.0 Å². The Hall–Kier alpha value is -3.14. The van der Waals surface area contributed by atoms with Crippen LogP contribution in [0.5, 0.6) is 5.75 Å². The molecular weight excluding hydrogens is 340 g/mol. The first-order chi connectivity index (χ1) is 11.2. The van der Waals surface area contributed by atoms with Crippen LogP contribution in [0.3, 0.4) is 0 Å². The smallest absolute Gasteiger partial charge is 0.335 e. The fraction of sp³-hybridized carbons (Fsp3) is 0.0714. The Kier molecular flexibility index (Phi) is 4.69. The number of sulfonamides is 1. The molecule has 2 aromatic carbocycles. The lowest BCUT2D eigenvalue weighted by Crippen LogP contribution is -2.14. The third-order valence-corrected chi connectivity index (χ3v) is 4.43. The second-order valence-electron chi connectivity index (χ2n) is 4.58. The molecule has 126 valence electrons. The van der Waals surface area contributed by atoms with Gasteiger partial charge in [-0.3, -0.25) is 14.8 Å². The second kappa shape index (κ2) is 6.54. The van der Waals surface area contributed by atoms with Gasteiger partial charge < -0.3 is 9.84 Å². The van der Waals surface area contributed by atoms with Gasteiger partial charge in [-0.2, -0.15) is 0 Å². The van der Waals surface area contributed by atoms with Crippen LogP contribution >= 0.6 is 0 Å². The normalized spacial score (nSPS) is 10.9. The Labute approximate surface area is 136 Å². The zero-order valence-electron chi connectivity index (χ0n) is 12.3. The molecule has 0 bridgehead atoms. The number of hydrogen-bond donors (Lipinski definition) is 2. The molecule has 0 heterocycles. The highest BCUT2D eigenvalue weighted by Crippen LogP contribution is 2.29. The predicted molar refractivity (Wildman–Crippen MR) is 83.9 cm³/mol. The number of nitrogens with zero attached hydrogens (tertiary/aromatic N) is 1. The Bertz CT molecular complexity index is 892. The van der Waals surface area contributed by atoms with Gasteiger partial charge in [0.05, 0.1) is 17.6 Å². The van der Waals surface area contributed by atoms with Crippen molar-refractivity contribution in [1.82, 2.24) is 0 Å². The molecule has 10 heteroatoms. The van der Waals surface area contributed by atoms with Gasteiger partial charge >= 0.3 is 5.97 Å². The van der Waals surface area contributed by atoms with E-state index in [1.807, 2.05) is 0 Å². The SMILES string of the molecule is COc1ccc([N+](=O)[O-])cc1S(=O)(=O)Nc1ccc(C(=O)O)cc1. The van der Waals surface area contributed by atoms with Crippen LogP contribution in [0.25, 0.3) is 0 Å². The lowest BCUT2D eigenvalue weighted by atomic mass is 10.2. The minimum Gasteiger partial charge on any atom is -0.495 e. The molecule has 2 aromatic rings. The zero-order valence-corrected chi connectivity index (χ0v) is 13.1. The van der Waals surface area contributed by atoms with E-state index in [4.69, 9.17) is 9.84 Å². The van der Waals surface area contributed by atoms with Crippen LogP contribution in [-0.2, 0) is 10.0 Å². The quantitative estimate of drug-likeness (QED) is 0.600. The molecule has 0 amide bonds. The van der Waals surface area contributed by atoms with Crippen LogP contribution < -0.4 is 9.46 Å². The summed E-state index contributed by atoms with van der Waals surface area (Å²) in [5, 5.41) is 19.7. The van der Waals surface area contributed by atoms with Crippen LogP contribution in [0.15, 0.2) is 47.4 Å². The topological polar surface area (TPSA) is 136 Å². The number of ether oxygens (including phenoxy) is 1. The van der Waals surface area contributed by atoms with E-state index in [0.29, 0.717) is 0 Å². The van der Waals surface area contributed by atoms with Crippen molar-refractivity contribution in [2.45, 2.75) is 4.90 Å². The summed E-state index contributed by atoms with van der Waals surface area (Å²) in [7, 11) is -2.93. The zero-order chi connectivity index (χ0) is 17.9. The predicted octanol–water partition coefficient (Wildman–Crippen LogP) is 2.10. The van der Waals surface area contributed by atoms with Crippen LogP contribution in [0, 0.1) is 10.1 Å². The summed E-state index contributed by atoms with van der Waals surface area (Å²) in [5.74, 6) is -1.21. The number of rotatable bonds is 6. The molecule has 24 heavy (non-hydrogen) atoms. The molecule has 0 saturated carbocycles. The number of hydrogen-bond acceptors (Lipinski definition) is 6. The highest BCUT2D eigenvalue weighted by Gasteiger charge is 2.23. The highest BCUT2D eigenvalue weighted by molar-refractivity contribution is 7.92. The molecule has 2 rings (SSSR count). The number of carboxylic acids is 1. The van der Waals surface area contributed by atoms with Crippen molar-refractivity contribution in [3.8, 4) is 5.75 Å². The number of methoxy groups -OCH3 is 1. The summed E-state index contributed by atoms with van der Waals surface area (Å²) in [6.07, 6.45) is 0. The molecule has 0 saturated heterocycles. The van der Waals surface area contributed by atoms with Crippen molar-refractivity contribution in [2.24, 2.45) is 0 Å². The van der Waals surface area contributed by atoms with Crippen molar-refractivity contribution in [2.75, 3.05) is 11.8 Å². The van der Waals surface area contributed by atoms with Gasteiger partial charge in [0.1, 0.15) is 10.6 Å². The van der Waals surface area contributed by atoms with Gasteiger partial charge in [0.25, 0.3) is 15.7 Å². The van der Waals surface area contributed by atoms with Gasteiger partial charge in [-0.05, 0) is 30.3 Å². The van der Waals surface area contributed by atoms with Gasteiger partial charge in [-0.15, -0.1) is 0 Å². The van der Waals surface area contributed by atoms with E-state index in [2.05, 4.69) is 4.72 Å². The molecule has 0 spiro atoms. The summed E-state index contributed by atoms with van der Waals surface area (Å²) < 4.78 is 32.0. The number of aromatic carboxylic acids is 1. The fourth-order valence-electron chi connectivity index (χ4n) is 1.88. The summed E-state index contributed by atoms with van der Waals surface area (Å²) in [5.41, 5.74) is -0.308. The first-order valence-corrected chi connectivity index (χ1v) is 7.91. The van der Waals surface area contributed by atoms with Crippen LogP contribution in [0.2, 0.25) is 0 Å². The van der Waals surface area contributed by atoms with Crippen molar-refractivity contribution in [1.29, 1.82) is 0 Å². The van der Waals surface area contributed by atoms with E-state index < -0.39 is 31.5 Å². The number of benzene rings is 2. The molecule has 0 fully saturated rings. The van der Waals surface area contributed by atoms with Gasteiger partial charge in [-0.1, -0.05) is 0 Å². The van der Waals surface area contributed by atoms with Gasteiger partial charge in [0, 0.05) is 17.8 Å². The Morgan fingerprint density at radius 2 is 1.83 bits per heavy atom. The van der Waals surface area contributed by atoms with Gasteiger partial charge in [-0.25, -0.2) is 13.2 Å². The van der Waals surface area contributed by atoms with E-state index in [1.54, 1.807) is 0 Å². The Morgan fingerprint density at radius 3 is 2.33 bits per heavy atom. The van der Waals surface area contributed by atoms with Gasteiger partial charge in [0.2, 0.25) is 0 Å². The number of non-ortho nitro benzene ring substituents is 1. The van der Waals surface area contributed by atoms with E-state index in [0.717, 1.165) is 12.1 Å². The first-order valence-electron chi connectivity index (χ1n) is 6.43. The molecule has 0 unspecified atom stereocenters. The largest absolute Gasteiger partial charge is 0.495 e. The van der Waals surface area contributed by atoms with E-state index in [1.165, 1.54) is 37.4 Å². The maximum atomic E-state index is 12.4. The molecule has 0 aliphatic carbocycles. The molecule has 2 N–H and O–H groups in total. The second-order valence-corrected chi connectivity index (χ2v) is 6.23. The molecule has 0 aliphatic rings.